The number of carbonyl (C=O) groups excluding carboxylic acids is 3. The lowest BCUT2D eigenvalue weighted by molar-refractivity contribution is -0.132. The molecule has 3 amide bonds. The molecule has 32 heavy (non-hydrogen) atoms. The predicted molar refractivity (Wildman–Crippen MR) is 122 cm³/mol. The molecule has 2 N–H and O–H groups in total. The standard InChI is InChI=1S/C25H31N3O4/c1-4-25(2,3)20-10-12-21(13-11-20)32-17-22(29)26-27-24(31)19-14-23(30)28(16-19)15-18-8-6-5-7-9-18/h5-13,19H,4,14-17H2,1-3H3,(H,26,29)(H,27,31). The number of nitrogens with zero attached hydrogens (tertiary/aromatic N) is 1. The first-order chi connectivity index (χ1) is 15.3. The van der Waals surface area contributed by atoms with Crippen LogP contribution in [0.1, 0.15) is 44.7 Å². The van der Waals surface area contributed by atoms with Crippen molar-refractivity contribution in [2.45, 2.75) is 45.6 Å². The molecular weight excluding hydrogens is 406 g/mol. The molecule has 1 fully saturated rings. The van der Waals surface area contributed by atoms with E-state index in [9.17, 15) is 14.4 Å². The quantitative estimate of drug-likeness (QED) is 0.622. The molecule has 0 bridgehead atoms. The molecule has 1 aliphatic rings. The van der Waals surface area contributed by atoms with Gasteiger partial charge in [0, 0.05) is 19.5 Å². The van der Waals surface area contributed by atoms with Gasteiger partial charge in [-0.2, -0.15) is 0 Å². The first-order valence-corrected chi connectivity index (χ1v) is 10.9. The Morgan fingerprint density at radius 3 is 2.41 bits per heavy atom. The van der Waals surface area contributed by atoms with E-state index in [0.29, 0.717) is 18.8 Å². The van der Waals surface area contributed by atoms with Crippen molar-refractivity contribution in [3.8, 4) is 5.75 Å². The van der Waals surface area contributed by atoms with Crippen LogP contribution in [0.5, 0.6) is 5.75 Å². The summed E-state index contributed by atoms with van der Waals surface area (Å²) >= 11 is 0. The number of benzene rings is 2. The smallest absolute Gasteiger partial charge is 0.276 e. The minimum atomic E-state index is -0.498. The Morgan fingerprint density at radius 1 is 1.06 bits per heavy atom. The van der Waals surface area contributed by atoms with Crippen LogP contribution in [0.2, 0.25) is 0 Å². The van der Waals surface area contributed by atoms with Crippen molar-refractivity contribution in [2.24, 2.45) is 5.92 Å². The molecule has 0 aromatic heterocycles. The molecule has 1 atom stereocenters. The van der Waals surface area contributed by atoms with Gasteiger partial charge in [0.15, 0.2) is 6.61 Å². The number of amides is 3. The van der Waals surface area contributed by atoms with E-state index < -0.39 is 11.8 Å². The largest absolute Gasteiger partial charge is 0.484 e. The van der Waals surface area contributed by atoms with E-state index in [0.717, 1.165) is 12.0 Å². The van der Waals surface area contributed by atoms with Gasteiger partial charge >= 0.3 is 0 Å². The van der Waals surface area contributed by atoms with Crippen LogP contribution in [-0.2, 0) is 26.3 Å². The van der Waals surface area contributed by atoms with E-state index >= 15 is 0 Å². The van der Waals surface area contributed by atoms with Gasteiger partial charge in [0.05, 0.1) is 5.92 Å². The number of rotatable bonds is 8. The molecule has 7 heteroatoms. The number of hydrogen-bond donors (Lipinski definition) is 2. The van der Waals surface area contributed by atoms with Crippen molar-refractivity contribution in [1.82, 2.24) is 15.8 Å². The van der Waals surface area contributed by atoms with Gasteiger partial charge in [-0.3, -0.25) is 25.2 Å². The third-order valence-electron chi connectivity index (χ3n) is 6.02. The third-order valence-corrected chi connectivity index (χ3v) is 6.02. The summed E-state index contributed by atoms with van der Waals surface area (Å²) in [5.74, 6) is -0.837. The normalized spacial score (nSPS) is 16.0. The Labute approximate surface area is 189 Å². The highest BCUT2D eigenvalue weighted by molar-refractivity contribution is 5.90. The van der Waals surface area contributed by atoms with E-state index in [2.05, 4.69) is 31.6 Å². The molecule has 0 spiro atoms. The van der Waals surface area contributed by atoms with Gasteiger partial charge in [0.25, 0.3) is 5.91 Å². The summed E-state index contributed by atoms with van der Waals surface area (Å²) in [6.07, 6.45) is 1.15. The molecule has 0 aliphatic carbocycles. The Kier molecular flexibility index (Phi) is 7.51. The molecule has 1 saturated heterocycles. The zero-order valence-electron chi connectivity index (χ0n) is 18.9. The number of hydrogen-bond acceptors (Lipinski definition) is 4. The lowest BCUT2D eigenvalue weighted by atomic mass is 9.82. The van der Waals surface area contributed by atoms with E-state index in [1.807, 2.05) is 54.6 Å². The molecule has 0 radical (unpaired) electrons. The van der Waals surface area contributed by atoms with Gasteiger partial charge in [-0.25, -0.2) is 0 Å². The summed E-state index contributed by atoms with van der Waals surface area (Å²) in [4.78, 5) is 38.3. The van der Waals surface area contributed by atoms with Gasteiger partial charge in [0.1, 0.15) is 5.75 Å². The molecule has 1 aliphatic heterocycles. The zero-order valence-corrected chi connectivity index (χ0v) is 18.9. The summed E-state index contributed by atoms with van der Waals surface area (Å²) in [5, 5.41) is 0. The topological polar surface area (TPSA) is 87.7 Å². The van der Waals surface area contributed by atoms with Crippen molar-refractivity contribution >= 4 is 17.7 Å². The average molecular weight is 438 g/mol. The third kappa shape index (κ3) is 6.09. The molecule has 2 aromatic rings. The second kappa shape index (κ2) is 10.3. The Bertz CT molecular complexity index is 941. The molecule has 1 heterocycles. The Morgan fingerprint density at radius 2 is 1.75 bits per heavy atom. The van der Waals surface area contributed by atoms with Crippen LogP contribution in [0.15, 0.2) is 54.6 Å². The van der Waals surface area contributed by atoms with Gasteiger partial charge in [-0.15, -0.1) is 0 Å². The van der Waals surface area contributed by atoms with Gasteiger partial charge in [-0.05, 0) is 35.1 Å². The number of hydrazine groups is 1. The fraction of sp³-hybridized carbons (Fsp3) is 0.400. The van der Waals surface area contributed by atoms with Gasteiger partial charge in [0.2, 0.25) is 11.8 Å². The maximum absolute atomic E-state index is 12.4. The number of nitrogens with one attached hydrogen (secondary N) is 2. The van der Waals surface area contributed by atoms with Crippen molar-refractivity contribution in [3.63, 3.8) is 0 Å². The van der Waals surface area contributed by atoms with Crippen molar-refractivity contribution in [2.75, 3.05) is 13.2 Å². The van der Waals surface area contributed by atoms with Gasteiger partial charge < -0.3 is 9.64 Å². The highest BCUT2D eigenvalue weighted by Crippen LogP contribution is 2.28. The summed E-state index contributed by atoms with van der Waals surface area (Å²) in [6, 6.07) is 17.3. The fourth-order valence-corrected chi connectivity index (χ4v) is 3.53. The van der Waals surface area contributed by atoms with Crippen LogP contribution in [0.4, 0.5) is 0 Å². The fourth-order valence-electron chi connectivity index (χ4n) is 3.53. The van der Waals surface area contributed by atoms with E-state index in [1.165, 1.54) is 5.56 Å². The number of ether oxygens (including phenoxy) is 1. The average Bonchev–Trinajstić information content (AvgIpc) is 3.17. The maximum atomic E-state index is 12.4. The Balaban J connectivity index is 1.41. The van der Waals surface area contributed by atoms with Crippen LogP contribution in [0.25, 0.3) is 0 Å². The minimum Gasteiger partial charge on any atom is -0.484 e. The number of likely N-dealkylation sites (tertiary alicyclic amines) is 1. The lowest BCUT2D eigenvalue weighted by Crippen LogP contribution is -2.46. The van der Waals surface area contributed by atoms with E-state index in [4.69, 9.17) is 4.74 Å². The van der Waals surface area contributed by atoms with Crippen LogP contribution in [0.3, 0.4) is 0 Å². The van der Waals surface area contributed by atoms with E-state index in [-0.39, 0.29) is 30.3 Å². The van der Waals surface area contributed by atoms with Crippen LogP contribution in [-0.4, -0.2) is 35.8 Å². The summed E-state index contributed by atoms with van der Waals surface area (Å²) in [6.45, 7) is 7.08. The van der Waals surface area contributed by atoms with Crippen molar-refractivity contribution in [1.29, 1.82) is 0 Å². The molecule has 1 unspecified atom stereocenters. The molecular formula is C25H31N3O4. The van der Waals surface area contributed by atoms with Crippen LogP contribution in [0, 0.1) is 5.92 Å². The van der Waals surface area contributed by atoms with Gasteiger partial charge in [-0.1, -0.05) is 63.2 Å². The summed E-state index contributed by atoms with van der Waals surface area (Å²) in [7, 11) is 0. The second-order valence-electron chi connectivity index (χ2n) is 8.75. The predicted octanol–water partition coefficient (Wildman–Crippen LogP) is 2.95. The highest BCUT2D eigenvalue weighted by atomic mass is 16.5. The molecule has 2 aromatic carbocycles. The number of carbonyl (C=O) groups is 3. The first-order valence-electron chi connectivity index (χ1n) is 10.9. The van der Waals surface area contributed by atoms with Crippen LogP contribution < -0.4 is 15.6 Å². The molecule has 170 valence electrons. The lowest BCUT2D eigenvalue weighted by Gasteiger charge is -2.23. The SMILES string of the molecule is CCC(C)(C)c1ccc(OCC(=O)NNC(=O)C2CC(=O)N(Cc3ccccc3)C2)cc1. The van der Waals surface area contributed by atoms with E-state index in [1.54, 1.807) is 4.90 Å². The minimum absolute atomic E-state index is 0.0710. The summed E-state index contributed by atoms with van der Waals surface area (Å²) < 4.78 is 5.50. The zero-order chi connectivity index (χ0) is 23.1. The van der Waals surface area contributed by atoms with Crippen molar-refractivity contribution < 1.29 is 19.1 Å². The summed E-state index contributed by atoms with van der Waals surface area (Å²) in [5.41, 5.74) is 7.06. The molecule has 3 rings (SSSR count). The maximum Gasteiger partial charge on any atom is 0.276 e. The molecule has 7 nitrogen and oxygen atoms in total. The van der Waals surface area contributed by atoms with Crippen LogP contribution >= 0.6 is 0 Å². The second-order valence-corrected chi connectivity index (χ2v) is 8.75. The Hall–Kier alpha value is -3.35. The highest BCUT2D eigenvalue weighted by Gasteiger charge is 2.34. The first kappa shape index (κ1) is 23.3. The molecule has 0 saturated carbocycles. The van der Waals surface area contributed by atoms with Crippen molar-refractivity contribution in [3.05, 3.63) is 65.7 Å². The monoisotopic (exact) mass is 437 g/mol.